The van der Waals surface area contributed by atoms with Crippen molar-refractivity contribution in [3.05, 3.63) is 21.9 Å². The van der Waals surface area contributed by atoms with Gasteiger partial charge in [0.25, 0.3) is 0 Å². The average Bonchev–Trinajstić information content (AvgIpc) is 2.29. The summed E-state index contributed by atoms with van der Waals surface area (Å²) in [6.45, 7) is 0. The van der Waals surface area contributed by atoms with Crippen molar-refractivity contribution < 1.29 is 21.6 Å². The molecule has 0 saturated carbocycles. The molecular weight excluding hydrogens is 239 g/mol. The SMILES string of the molecule is NS(=O)(=O)Cc1ccc(C(F)(F)F)s1. The van der Waals surface area contributed by atoms with Crippen molar-refractivity contribution >= 4 is 21.4 Å². The predicted octanol–water partition coefficient (Wildman–Crippen LogP) is 1.56. The molecule has 0 saturated heterocycles. The van der Waals surface area contributed by atoms with Crippen LogP contribution in [0.2, 0.25) is 0 Å². The van der Waals surface area contributed by atoms with E-state index in [-0.39, 0.29) is 4.88 Å². The number of halogens is 3. The lowest BCUT2D eigenvalue weighted by molar-refractivity contribution is -0.134. The van der Waals surface area contributed by atoms with Crippen LogP contribution in [0.5, 0.6) is 0 Å². The van der Waals surface area contributed by atoms with Crippen molar-refractivity contribution in [2.24, 2.45) is 5.14 Å². The van der Waals surface area contributed by atoms with Crippen LogP contribution in [-0.2, 0) is 22.0 Å². The molecule has 1 aromatic rings. The van der Waals surface area contributed by atoms with Crippen LogP contribution < -0.4 is 5.14 Å². The van der Waals surface area contributed by atoms with Crippen LogP contribution in [0.25, 0.3) is 0 Å². The Hall–Kier alpha value is -0.600. The second kappa shape index (κ2) is 3.52. The number of hydrogen-bond acceptors (Lipinski definition) is 3. The van der Waals surface area contributed by atoms with Gasteiger partial charge >= 0.3 is 6.18 Å². The second-order valence-corrected chi connectivity index (χ2v) is 5.35. The fourth-order valence-corrected chi connectivity index (χ4v) is 2.70. The van der Waals surface area contributed by atoms with Crippen LogP contribution in [0.1, 0.15) is 9.75 Å². The van der Waals surface area contributed by atoms with E-state index in [2.05, 4.69) is 5.14 Å². The quantitative estimate of drug-likeness (QED) is 0.859. The smallest absolute Gasteiger partial charge is 0.228 e. The summed E-state index contributed by atoms with van der Waals surface area (Å²) in [4.78, 5) is -0.740. The van der Waals surface area contributed by atoms with Crippen LogP contribution in [0.3, 0.4) is 0 Å². The molecule has 1 heterocycles. The Morgan fingerprint density at radius 1 is 1.36 bits per heavy atom. The third-order valence-electron chi connectivity index (χ3n) is 1.28. The lowest BCUT2D eigenvalue weighted by Crippen LogP contribution is -2.13. The van der Waals surface area contributed by atoms with Gasteiger partial charge in [0, 0.05) is 4.88 Å². The first-order chi connectivity index (χ1) is 6.18. The Balaban J connectivity index is 2.90. The summed E-state index contributed by atoms with van der Waals surface area (Å²) in [7, 11) is -3.77. The van der Waals surface area contributed by atoms with Gasteiger partial charge in [0.1, 0.15) is 4.88 Å². The molecule has 0 aliphatic heterocycles. The first-order valence-electron chi connectivity index (χ1n) is 3.35. The monoisotopic (exact) mass is 245 g/mol. The average molecular weight is 245 g/mol. The molecule has 1 rings (SSSR count). The van der Waals surface area contributed by atoms with E-state index in [0.717, 1.165) is 12.1 Å². The predicted molar refractivity (Wildman–Crippen MR) is 46.1 cm³/mol. The van der Waals surface area contributed by atoms with Gasteiger partial charge in [0.2, 0.25) is 10.0 Å². The van der Waals surface area contributed by atoms with E-state index in [9.17, 15) is 21.6 Å². The highest BCUT2D eigenvalue weighted by molar-refractivity contribution is 7.88. The van der Waals surface area contributed by atoms with Gasteiger partial charge in [-0.2, -0.15) is 13.2 Å². The van der Waals surface area contributed by atoms with Gasteiger partial charge in [-0.1, -0.05) is 0 Å². The van der Waals surface area contributed by atoms with Gasteiger partial charge in [-0.25, -0.2) is 13.6 Å². The van der Waals surface area contributed by atoms with E-state index in [1.165, 1.54) is 0 Å². The Labute approximate surface area is 82.4 Å². The summed E-state index contributed by atoms with van der Waals surface area (Å²) in [5.41, 5.74) is 0. The van der Waals surface area contributed by atoms with E-state index in [1.807, 2.05) is 0 Å². The third-order valence-corrected chi connectivity index (χ3v) is 3.31. The van der Waals surface area contributed by atoms with Crippen LogP contribution in [-0.4, -0.2) is 8.42 Å². The number of sulfonamides is 1. The van der Waals surface area contributed by atoms with Crippen LogP contribution in [0.4, 0.5) is 13.2 Å². The summed E-state index contributed by atoms with van der Waals surface area (Å²) in [6.07, 6.45) is -4.43. The van der Waals surface area contributed by atoms with Crippen molar-refractivity contribution in [1.82, 2.24) is 0 Å². The first-order valence-corrected chi connectivity index (χ1v) is 5.88. The molecule has 14 heavy (non-hydrogen) atoms. The van der Waals surface area contributed by atoms with E-state index in [1.54, 1.807) is 0 Å². The van der Waals surface area contributed by atoms with Crippen LogP contribution >= 0.6 is 11.3 Å². The van der Waals surface area contributed by atoms with Gasteiger partial charge in [-0.15, -0.1) is 11.3 Å². The third kappa shape index (κ3) is 3.28. The zero-order valence-corrected chi connectivity index (χ0v) is 8.34. The highest BCUT2D eigenvalue weighted by Gasteiger charge is 2.32. The van der Waals surface area contributed by atoms with Gasteiger partial charge in [-0.3, -0.25) is 0 Å². The first kappa shape index (κ1) is 11.5. The topological polar surface area (TPSA) is 60.2 Å². The molecule has 1 aromatic heterocycles. The van der Waals surface area contributed by atoms with Crippen molar-refractivity contribution in [2.75, 3.05) is 0 Å². The van der Waals surface area contributed by atoms with Gasteiger partial charge in [0.05, 0.1) is 5.75 Å². The molecule has 80 valence electrons. The van der Waals surface area contributed by atoms with E-state index < -0.39 is 26.8 Å². The summed E-state index contributed by atoms with van der Waals surface area (Å²) >= 11 is 0.383. The maximum absolute atomic E-state index is 12.1. The minimum absolute atomic E-state index is 0.0832. The Bertz CT molecular complexity index is 421. The van der Waals surface area contributed by atoms with Gasteiger partial charge < -0.3 is 0 Å². The molecule has 0 bridgehead atoms. The fraction of sp³-hybridized carbons (Fsp3) is 0.333. The van der Waals surface area contributed by atoms with Crippen molar-refractivity contribution in [2.45, 2.75) is 11.9 Å². The number of nitrogens with two attached hydrogens (primary N) is 1. The normalized spacial score (nSPS) is 13.1. The summed E-state index contributed by atoms with van der Waals surface area (Å²) in [5.74, 6) is -0.562. The summed E-state index contributed by atoms with van der Waals surface area (Å²) < 4.78 is 57.3. The van der Waals surface area contributed by atoms with Gasteiger partial charge in [-0.05, 0) is 12.1 Å². The van der Waals surface area contributed by atoms with Crippen LogP contribution in [0, 0.1) is 0 Å². The molecule has 0 radical (unpaired) electrons. The number of rotatable bonds is 2. The van der Waals surface area contributed by atoms with E-state index >= 15 is 0 Å². The minimum Gasteiger partial charge on any atom is -0.228 e. The molecule has 0 aliphatic carbocycles. The fourth-order valence-electron chi connectivity index (χ4n) is 0.806. The largest absolute Gasteiger partial charge is 0.425 e. The summed E-state index contributed by atoms with van der Waals surface area (Å²) in [6, 6.07) is 1.95. The molecule has 0 unspecified atom stereocenters. The lowest BCUT2D eigenvalue weighted by atomic mass is 10.4. The molecule has 2 N–H and O–H groups in total. The molecule has 0 spiro atoms. The molecule has 0 fully saturated rings. The number of primary sulfonamides is 1. The Morgan fingerprint density at radius 3 is 2.29 bits per heavy atom. The molecule has 0 aromatic carbocycles. The van der Waals surface area contributed by atoms with E-state index in [4.69, 9.17) is 0 Å². The van der Waals surface area contributed by atoms with E-state index in [0.29, 0.717) is 11.3 Å². The van der Waals surface area contributed by atoms with Crippen molar-refractivity contribution in [1.29, 1.82) is 0 Å². The molecule has 3 nitrogen and oxygen atoms in total. The maximum atomic E-state index is 12.1. The standard InChI is InChI=1S/C6H6F3NO2S2/c7-6(8,9)5-2-1-4(13-5)3-14(10,11)12/h1-2H,3H2,(H2,10,11,12). The zero-order valence-electron chi connectivity index (χ0n) is 6.71. The zero-order chi connectivity index (χ0) is 11.0. The Morgan fingerprint density at radius 2 is 1.93 bits per heavy atom. The minimum atomic E-state index is -4.43. The molecule has 0 amide bonds. The molecule has 8 heteroatoms. The van der Waals surface area contributed by atoms with Crippen molar-refractivity contribution in [3.8, 4) is 0 Å². The van der Waals surface area contributed by atoms with Gasteiger partial charge in [0.15, 0.2) is 0 Å². The number of thiophene rings is 1. The van der Waals surface area contributed by atoms with Crippen molar-refractivity contribution in [3.63, 3.8) is 0 Å². The summed E-state index contributed by atoms with van der Waals surface area (Å²) in [5, 5.41) is 4.68. The molecular formula is C6H6F3NO2S2. The molecule has 0 aliphatic rings. The van der Waals surface area contributed by atoms with Crippen LogP contribution in [0.15, 0.2) is 12.1 Å². The lowest BCUT2D eigenvalue weighted by Gasteiger charge is -2.00. The number of hydrogen-bond donors (Lipinski definition) is 1. The maximum Gasteiger partial charge on any atom is 0.425 e. The second-order valence-electron chi connectivity index (χ2n) is 2.57. The number of alkyl halides is 3. The highest BCUT2D eigenvalue weighted by atomic mass is 32.2. The molecule has 0 atom stereocenters. The Kier molecular flexibility index (Phi) is 2.88. The highest BCUT2D eigenvalue weighted by Crippen LogP contribution is 2.34.